The van der Waals surface area contributed by atoms with Crippen molar-refractivity contribution in [2.24, 2.45) is 0 Å². The van der Waals surface area contributed by atoms with Crippen molar-refractivity contribution < 1.29 is 34.0 Å². The van der Waals surface area contributed by atoms with Gasteiger partial charge >= 0.3 is 12.1 Å². The molecular formula is C19H20FNO6. The van der Waals surface area contributed by atoms with Crippen LogP contribution in [-0.4, -0.2) is 40.0 Å². The Bertz CT molecular complexity index is 783. The van der Waals surface area contributed by atoms with E-state index >= 15 is 0 Å². The van der Waals surface area contributed by atoms with E-state index in [9.17, 15) is 24.2 Å². The zero-order valence-electron chi connectivity index (χ0n) is 14.3. The van der Waals surface area contributed by atoms with Crippen molar-refractivity contribution in [3.05, 3.63) is 71.0 Å². The predicted molar refractivity (Wildman–Crippen MR) is 93.6 cm³/mol. The summed E-state index contributed by atoms with van der Waals surface area (Å²) in [6, 6.07) is 11.9. The molecule has 0 saturated heterocycles. The predicted octanol–water partition coefficient (Wildman–Crippen LogP) is 2.23. The van der Waals surface area contributed by atoms with Gasteiger partial charge in [0.2, 0.25) is 0 Å². The Morgan fingerprint density at radius 2 is 1.81 bits per heavy atom. The van der Waals surface area contributed by atoms with Gasteiger partial charge in [0.1, 0.15) is 18.5 Å². The molecule has 0 spiro atoms. The number of aliphatic hydroxyl groups is 2. The molecule has 0 saturated carbocycles. The third kappa shape index (κ3) is 6.36. The maximum absolute atomic E-state index is 13.5. The van der Waals surface area contributed by atoms with E-state index in [0.717, 1.165) is 23.8 Å². The zero-order chi connectivity index (χ0) is 19.8. The minimum atomic E-state index is -1.50. The third-order valence-electron chi connectivity index (χ3n) is 3.80. The van der Waals surface area contributed by atoms with Gasteiger partial charge in [0.25, 0.3) is 0 Å². The smallest absolute Gasteiger partial charge is 0.407 e. The topological polar surface area (TPSA) is 116 Å². The number of carboxylic acids is 1. The number of aliphatic hydroxyl groups excluding tert-OH is 2. The quantitative estimate of drug-likeness (QED) is 0.561. The monoisotopic (exact) mass is 377 g/mol. The third-order valence-corrected chi connectivity index (χ3v) is 3.80. The highest BCUT2D eigenvalue weighted by Gasteiger charge is 2.21. The van der Waals surface area contributed by atoms with Crippen LogP contribution in [0.25, 0.3) is 0 Å². The van der Waals surface area contributed by atoms with Gasteiger partial charge in [-0.05, 0) is 35.7 Å². The highest BCUT2D eigenvalue weighted by molar-refractivity contribution is 5.87. The number of aromatic carboxylic acids is 1. The summed E-state index contributed by atoms with van der Waals surface area (Å²) >= 11 is 0. The standard InChI is InChI=1S/C19H20FNO6/c20-15-9-13(8-14(10-15)18(24)25)17(23)16(22)6-7-21-19(26)27-11-12-4-2-1-3-5-12/h1-5,8-10,16-17,22-23H,6-7,11H2,(H,21,26)(H,24,25). The Morgan fingerprint density at radius 3 is 2.48 bits per heavy atom. The summed E-state index contributed by atoms with van der Waals surface area (Å²) in [5, 5.41) is 31.4. The maximum Gasteiger partial charge on any atom is 0.407 e. The fraction of sp³-hybridized carbons (Fsp3) is 0.263. The molecule has 7 nitrogen and oxygen atoms in total. The second-order valence-corrected chi connectivity index (χ2v) is 5.87. The molecule has 2 unspecified atom stereocenters. The Balaban J connectivity index is 1.80. The van der Waals surface area contributed by atoms with E-state index in [4.69, 9.17) is 9.84 Å². The van der Waals surface area contributed by atoms with Gasteiger partial charge in [-0.3, -0.25) is 0 Å². The molecule has 2 aromatic carbocycles. The first-order valence-electron chi connectivity index (χ1n) is 8.21. The van der Waals surface area contributed by atoms with E-state index < -0.39 is 30.1 Å². The number of nitrogens with one attached hydrogen (secondary N) is 1. The molecule has 0 bridgehead atoms. The lowest BCUT2D eigenvalue weighted by Gasteiger charge is -2.19. The average Bonchev–Trinajstić information content (AvgIpc) is 2.66. The Morgan fingerprint density at radius 1 is 1.11 bits per heavy atom. The molecule has 8 heteroatoms. The van der Waals surface area contributed by atoms with Crippen LogP contribution < -0.4 is 5.32 Å². The summed E-state index contributed by atoms with van der Waals surface area (Å²) in [5.41, 5.74) is 0.425. The van der Waals surface area contributed by atoms with Gasteiger partial charge in [0.15, 0.2) is 0 Å². The second-order valence-electron chi connectivity index (χ2n) is 5.87. The number of ether oxygens (including phenoxy) is 1. The highest BCUT2D eigenvalue weighted by atomic mass is 19.1. The van der Waals surface area contributed by atoms with E-state index in [1.165, 1.54) is 0 Å². The first kappa shape index (κ1) is 20.3. The van der Waals surface area contributed by atoms with Crippen LogP contribution >= 0.6 is 0 Å². The van der Waals surface area contributed by atoms with Crippen LogP contribution in [0.3, 0.4) is 0 Å². The first-order chi connectivity index (χ1) is 12.9. The molecule has 0 aliphatic heterocycles. The molecule has 27 heavy (non-hydrogen) atoms. The minimum Gasteiger partial charge on any atom is -0.478 e. The number of alkyl carbamates (subject to hydrolysis) is 1. The number of amides is 1. The van der Waals surface area contributed by atoms with Crippen LogP contribution in [0.2, 0.25) is 0 Å². The summed E-state index contributed by atoms with van der Waals surface area (Å²) in [6.07, 6.45) is -3.55. The fourth-order valence-electron chi connectivity index (χ4n) is 2.38. The van der Waals surface area contributed by atoms with Gasteiger partial charge < -0.3 is 25.4 Å². The molecule has 0 heterocycles. The lowest BCUT2D eigenvalue weighted by atomic mass is 10.00. The van der Waals surface area contributed by atoms with Crippen molar-refractivity contribution in [2.75, 3.05) is 6.54 Å². The van der Waals surface area contributed by atoms with Crippen molar-refractivity contribution >= 4 is 12.1 Å². The van der Waals surface area contributed by atoms with Crippen molar-refractivity contribution in [1.82, 2.24) is 5.32 Å². The lowest BCUT2D eigenvalue weighted by molar-refractivity contribution is 0.0134. The van der Waals surface area contributed by atoms with E-state index in [2.05, 4.69) is 5.32 Å². The largest absolute Gasteiger partial charge is 0.478 e. The fourth-order valence-corrected chi connectivity index (χ4v) is 2.38. The number of hydrogen-bond acceptors (Lipinski definition) is 5. The van der Waals surface area contributed by atoms with Crippen LogP contribution in [0.15, 0.2) is 48.5 Å². The molecule has 2 rings (SSSR count). The Labute approximate surface area is 155 Å². The van der Waals surface area contributed by atoms with Gasteiger partial charge in [-0.1, -0.05) is 30.3 Å². The number of rotatable bonds is 8. The number of benzene rings is 2. The second kappa shape index (κ2) is 9.65. The summed E-state index contributed by atoms with van der Waals surface area (Å²) in [4.78, 5) is 22.5. The van der Waals surface area contributed by atoms with E-state index in [-0.39, 0.29) is 30.7 Å². The van der Waals surface area contributed by atoms with Gasteiger partial charge in [0.05, 0.1) is 11.7 Å². The van der Waals surface area contributed by atoms with Gasteiger partial charge in [-0.25, -0.2) is 14.0 Å². The number of carboxylic acid groups (broad SMARTS) is 1. The van der Waals surface area contributed by atoms with Gasteiger partial charge in [-0.2, -0.15) is 0 Å². The van der Waals surface area contributed by atoms with E-state index in [1.54, 1.807) is 12.1 Å². The highest BCUT2D eigenvalue weighted by Crippen LogP contribution is 2.21. The van der Waals surface area contributed by atoms with Crippen molar-refractivity contribution in [1.29, 1.82) is 0 Å². The molecule has 1 amide bonds. The summed E-state index contributed by atoms with van der Waals surface area (Å²) in [6.45, 7) is 0.103. The average molecular weight is 377 g/mol. The van der Waals surface area contributed by atoms with E-state index in [0.29, 0.717) is 0 Å². The molecule has 0 aromatic heterocycles. The molecular weight excluding hydrogens is 357 g/mol. The number of hydrogen-bond donors (Lipinski definition) is 4. The molecule has 2 aromatic rings. The number of carbonyl (C=O) groups excluding carboxylic acids is 1. The van der Waals surface area contributed by atoms with Crippen molar-refractivity contribution in [3.63, 3.8) is 0 Å². The molecule has 2 atom stereocenters. The zero-order valence-corrected chi connectivity index (χ0v) is 14.3. The molecule has 0 fully saturated rings. The van der Waals surface area contributed by atoms with Crippen LogP contribution in [0, 0.1) is 5.82 Å². The number of halogens is 1. The van der Waals surface area contributed by atoms with Crippen LogP contribution in [0.4, 0.5) is 9.18 Å². The minimum absolute atomic E-state index is 0.00690. The molecule has 4 N–H and O–H groups in total. The lowest BCUT2D eigenvalue weighted by Crippen LogP contribution is -2.29. The molecule has 0 aliphatic carbocycles. The SMILES string of the molecule is O=C(NCCC(O)C(O)c1cc(F)cc(C(=O)O)c1)OCc1ccccc1. The van der Waals surface area contributed by atoms with Crippen LogP contribution in [0.1, 0.15) is 34.0 Å². The van der Waals surface area contributed by atoms with Gasteiger partial charge in [-0.15, -0.1) is 0 Å². The summed E-state index contributed by atoms with van der Waals surface area (Å²) in [5.74, 6) is -2.18. The van der Waals surface area contributed by atoms with Crippen molar-refractivity contribution in [3.8, 4) is 0 Å². The van der Waals surface area contributed by atoms with Gasteiger partial charge in [0, 0.05) is 6.54 Å². The Kier molecular flexibility index (Phi) is 7.27. The Hall–Kier alpha value is -2.97. The summed E-state index contributed by atoms with van der Waals surface area (Å²) in [7, 11) is 0. The normalized spacial score (nSPS) is 12.9. The molecule has 0 radical (unpaired) electrons. The number of carbonyl (C=O) groups is 2. The molecule has 144 valence electrons. The van der Waals surface area contributed by atoms with Crippen LogP contribution in [-0.2, 0) is 11.3 Å². The first-order valence-corrected chi connectivity index (χ1v) is 8.21. The van der Waals surface area contributed by atoms with E-state index in [1.807, 2.05) is 18.2 Å². The van der Waals surface area contributed by atoms with Crippen LogP contribution in [0.5, 0.6) is 0 Å². The van der Waals surface area contributed by atoms with Crippen molar-refractivity contribution in [2.45, 2.75) is 25.2 Å². The summed E-state index contributed by atoms with van der Waals surface area (Å²) < 4.78 is 18.5. The maximum atomic E-state index is 13.5. The molecule has 0 aliphatic rings.